The van der Waals surface area contributed by atoms with E-state index in [1.54, 1.807) is 36.4 Å². The van der Waals surface area contributed by atoms with Gasteiger partial charge in [0.1, 0.15) is 0 Å². The van der Waals surface area contributed by atoms with E-state index in [1.807, 2.05) is 32.8 Å². The van der Waals surface area contributed by atoms with Gasteiger partial charge in [-0.05, 0) is 43.2 Å². The highest BCUT2D eigenvalue weighted by molar-refractivity contribution is 7.96. The van der Waals surface area contributed by atoms with Crippen molar-refractivity contribution in [3.63, 3.8) is 0 Å². The van der Waals surface area contributed by atoms with Crippen molar-refractivity contribution in [1.29, 1.82) is 0 Å². The molecule has 1 aliphatic rings. The molecule has 0 aromatic heterocycles. The minimum atomic E-state index is -4.16. The highest BCUT2D eigenvalue weighted by Crippen LogP contribution is 2.36. The first-order valence-corrected chi connectivity index (χ1v) is 11.4. The highest BCUT2D eigenvalue weighted by atomic mass is 32.2. The molecule has 7 heteroatoms. The molecular weight excluding hydrogens is 400 g/mol. The molecule has 0 N–H and O–H groups in total. The standard InChI is InChI=1S/C23H26N2O4S/c1-5-6-15-25-22(26)20(17-9-11-18(12-10-17)24(3)4)21(23(25)27)30(28,29)19-13-7-16(2)8-14-19/h7-14H,5-6,15H2,1-4H3. The molecule has 2 amide bonds. The van der Waals surface area contributed by atoms with E-state index in [-0.39, 0.29) is 17.0 Å². The lowest BCUT2D eigenvalue weighted by atomic mass is 10.1. The summed E-state index contributed by atoms with van der Waals surface area (Å²) in [5.74, 6) is -1.31. The predicted octanol–water partition coefficient (Wildman–Crippen LogP) is 3.41. The molecule has 0 radical (unpaired) electrons. The first-order valence-electron chi connectivity index (χ1n) is 9.88. The number of aryl methyl sites for hydroxylation is 1. The quantitative estimate of drug-likeness (QED) is 0.634. The fourth-order valence-electron chi connectivity index (χ4n) is 3.34. The van der Waals surface area contributed by atoms with Crippen molar-refractivity contribution in [2.75, 3.05) is 25.5 Å². The first-order chi connectivity index (χ1) is 14.2. The zero-order valence-electron chi connectivity index (χ0n) is 17.7. The summed E-state index contributed by atoms with van der Waals surface area (Å²) < 4.78 is 26.8. The molecule has 158 valence electrons. The molecule has 6 nitrogen and oxygen atoms in total. The van der Waals surface area contributed by atoms with Crippen molar-refractivity contribution in [1.82, 2.24) is 4.90 Å². The van der Waals surface area contributed by atoms with E-state index in [9.17, 15) is 18.0 Å². The number of benzene rings is 2. The fraction of sp³-hybridized carbons (Fsp3) is 0.304. The Labute approximate surface area is 177 Å². The zero-order chi connectivity index (χ0) is 22.1. The van der Waals surface area contributed by atoms with Gasteiger partial charge in [-0.2, -0.15) is 0 Å². The van der Waals surface area contributed by atoms with Gasteiger partial charge < -0.3 is 4.90 Å². The minimum Gasteiger partial charge on any atom is -0.378 e. The Morgan fingerprint density at radius 1 is 0.900 bits per heavy atom. The molecule has 30 heavy (non-hydrogen) atoms. The largest absolute Gasteiger partial charge is 0.378 e. The summed E-state index contributed by atoms with van der Waals surface area (Å²) in [6.07, 6.45) is 1.39. The molecule has 0 bridgehead atoms. The molecule has 0 spiro atoms. The molecule has 0 saturated carbocycles. The Hall–Kier alpha value is -2.93. The van der Waals surface area contributed by atoms with Gasteiger partial charge in [0.05, 0.1) is 10.5 Å². The number of unbranched alkanes of at least 4 members (excludes halogenated alkanes) is 1. The molecule has 0 atom stereocenters. The second-order valence-electron chi connectivity index (χ2n) is 7.58. The number of imide groups is 1. The number of nitrogens with zero attached hydrogens (tertiary/aromatic N) is 2. The lowest BCUT2D eigenvalue weighted by Gasteiger charge is -2.15. The van der Waals surface area contributed by atoms with Crippen LogP contribution in [0.15, 0.2) is 58.3 Å². The SMILES string of the molecule is CCCCN1C(=O)C(c2ccc(N(C)C)cc2)=C(S(=O)(=O)c2ccc(C)cc2)C1=O. The second-order valence-corrected chi connectivity index (χ2v) is 9.46. The van der Waals surface area contributed by atoms with Crippen molar-refractivity contribution in [2.24, 2.45) is 0 Å². The summed E-state index contributed by atoms with van der Waals surface area (Å²) in [6.45, 7) is 3.99. The van der Waals surface area contributed by atoms with Crippen LogP contribution in [0.5, 0.6) is 0 Å². The highest BCUT2D eigenvalue weighted by Gasteiger charge is 2.45. The van der Waals surface area contributed by atoms with Crippen molar-refractivity contribution in [2.45, 2.75) is 31.6 Å². The van der Waals surface area contributed by atoms with E-state index in [0.717, 1.165) is 22.6 Å². The van der Waals surface area contributed by atoms with Crippen molar-refractivity contribution < 1.29 is 18.0 Å². The maximum Gasteiger partial charge on any atom is 0.273 e. The normalized spacial score (nSPS) is 14.6. The average molecular weight is 427 g/mol. The van der Waals surface area contributed by atoms with E-state index >= 15 is 0 Å². The smallest absolute Gasteiger partial charge is 0.273 e. The van der Waals surface area contributed by atoms with Gasteiger partial charge in [-0.1, -0.05) is 43.2 Å². The lowest BCUT2D eigenvalue weighted by molar-refractivity contribution is -0.136. The van der Waals surface area contributed by atoms with Gasteiger partial charge in [0.25, 0.3) is 11.8 Å². The van der Waals surface area contributed by atoms with Crippen LogP contribution in [0, 0.1) is 6.92 Å². The Morgan fingerprint density at radius 2 is 1.50 bits per heavy atom. The summed E-state index contributed by atoms with van der Waals surface area (Å²) >= 11 is 0. The van der Waals surface area contributed by atoms with Gasteiger partial charge in [0.2, 0.25) is 9.84 Å². The van der Waals surface area contributed by atoms with Crippen LogP contribution in [0.4, 0.5) is 5.69 Å². The van der Waals surface area contributed by atoms with Gasteiger partial charge in [-0.3, -0.25) is 14.5 Å². The summed E-state index contributed by atoms with van der Waals surface area (Å²) in [7, 11) is -0.388. The molecule has 3 rings (SSSR count). The molecule has 0 unspecified atom stereocenters. The number of hydrogen-bond acceptors (Lipinski definition) is 5. The van der Waals surface area contributed by atoms with Crippen LogP contribution in [0.1, 0.15) is 30.9 Å². The van der Waals surface area contributed by atoms with E-state index in [2.05, 4.69) is 0 Å². The van der Waals surface area contributed by atoms with Gasteiger partial charge >= 0.3 is 0 Å². The predicted molar refractivity (Wildman–Crippen MR) is 118 cm³/mol. The van der Waals surface area contributed by atoms with Crippen LogP contribution in [-0.4, -0.2) is 45.8 Å². The topological polar surface area (TPSA) is 74.8 Å². The number of carbonyl (C=O) groups excluding carboxylic acids is 2. The van der Waals surface area contributed by atoms with E-state index in [4.69, 9.17) is 0 Å². The summed E-state index contributed by atoms with van der Waals surface area (Å²) in [5, 5.41) is 0. The van der Waals surface area contributed by atoms with Crippen LogP contribution >= 0.6 is 0 Å². The van der Waals surface area contributed by atoms with Gasteiger partial charge in [-0.15, -0.1) is 0 Å². The van der Waals surface area contributed by atoms with Crippen LogP contribution in [0.25, 0.3) is 5.57 Å². The van der Waals surface area contributed by atoms with Crippen molar-refractivity contribution in [3.05, 3.63) is 64.6 Å². The number of amides is 2. The Bertz CT molecular complexity index is 1100. The number of hydrogen-bond donors (Lipinski definition) is 0. The molecule has 2 aromatic rings. The number of sulfone groups is 1. The average Bonchev–Trinajstić information content (AvgIpc) is 2.97. The molecule has 0 aliphatic carbocycles. The third-order valence-electron chi connectivity index (χ3n) is 5.13. The van der Waals surface area contributed by atoms with Crippen LogP contribution in [-0.2, 0) is 19.4 Å². The van der Waals surface area contributed by atoms with E-state index in [0.29, 0.717) is 12.0 Å². The number of rotatable bonds is 7. The zero-order valence-corrected chi connectivity index (χ0v) is 18.5. The third kappa shape index (κ3) is 3.89. The molecule has 2 aromatic carbocycles. The van der Waals surface area contributed by atoms with Crippen LogP contribution < -0.4 is 4.90 Å². The van der Waals surface area contributed by atoms with Crippen LogP contribution in [0.2, 0.25) is 0 Å². The van der Waals surface area contributed by atoms with E-state index in [1.165, 1.54) is 12.1 Å². The number of carbonyl (C=O) groups is 2. The van der Waals surface area contributed by atoms with Crippen LogP contribution in [0.3, 0.4) is 0 Å². The lowest BCUT2D eigenvalue weighted by Crippen LogP contribution is -2.33. The first kappa shape index (κ1) is 21.8. The van der Waals surface area contributed by atoms with E-state index < -0.39 is 26.6 Å². The summed E-state index contributed by atoms with van der Waals surface area (Å²) in [4.78, 5) is 28.8. The van der Waals surface area contributed by atoms with Gasteiger partial charge in [-0.25, -0.2) is 8.42 Å². The second kappa shape index (κ2) is 8.44. The summed E-state index contributed by atoms with van der Waals surface area (Å²) in [6, 6.07) is 13.3. The summed E-state index contributed by atoms with van der Waals surface area (Å²) in [5.41, 5.74) is 2.17. The maximum atomic E-state index is 13.4. The third-order valence-corrected chi connectivity index (χ3v) is 6.94. The van der Waals surface area contributed by atoms with Gasteiger partial charge in [0.15, 0.2) is 4.91 Å². The molecular formula is C23H26N2O4S. The maximum absolute atomic E-state index is 13.4. The fourth-order valence-corrected chi connectivity index (χ4v) is 4.88. The molecule has 0 fully saturated rings. The number of anilines is 1. The Morgan fingerprint density at radius 3 is 2.03 bits per heavy atom. The molecule has 1 heterocycles. The van der Waals surface area contributed by atoms with Crippen molar-refractivity contribution in [3.8, 4) is 0 Å². The van der Waals surface area contributed by atoms with Gasteiger partial charge in [0, 0.05) is 26.3 Å². The Kier molecular flexibility index (Phi) is 6.12. The molecule has 0 saturated heterocycles. The Balaban J connectivity index is 2.19. The molecule has 1 aliphatic heterocycles. The monoisotopic (exact) mass is 426 g/mol. The van der Waals surface area contributed by atoms with Crippen molar-refractivity contribution >= 4 is 32.9 Å². The minimum absolute atomic E-state index is 0.00371.